The van der Waals surface area contributed by atoms with E-state index in [1.54, 1.807) is 0 Å². The van der Waals surface area contributed by atoms with Gasteiger partial charge in [-0.05, 0) is 6.07 Å². The molecule has 0 saturated heterocycles. The van der Waals surface area contributed by atoms with E-state index in [0.717, 1.165) is 0 Å². The molecule has 7 heteroatoms. The fraction of sp³-hybridized carbons (Fsp3) is 0.375. The van der Waals surface area contributed by atoms with Crippen LogP contribution in [0.1, 0.15) is 0 Å². The number of nitrogens with one attached hydrogen (secondary N) is 1. The average Bonchev–Trinajstić information content (AvgIpc) is 2.14. The molecule has 0 bridgehead atoms. The number of pyridine rings is 1. The molecular weight excluding hydrogens is 211 g/mol. The molecule has 0 aliphatic rings. The van der Waals surface area contributed by atoms with Crippen LogP contribution in [-0.4, -0.2) is 28.9 Å². The SMILES string of the molecule is Nc1cnccc1NCC(O)C(F)(F)F. The Bertz CT molecular complexity index is 329. The number of nitrogen functional groups attached to an aromatic ring is 1. The number of halogens is 3. The molecule has 1 heterocycles. The summed E-state index contributed by atoms with van der Waals surface area (Å²) in [5, 5.41) is 11.1. The lowest BCUT2D eigenvalue weighted by Crippen LogP contribution is -2.35. The molecule has 15 heavy (non-hydrogen) atoms. The number of aliphatic hydroxyl groups is 1. The minimum absolute atomic E-state index is 0.229. The zero-order valence-corrected chi connectivity index (χ0v) is 7.62. The molecule has 84 valence electrons. The summed E-state index contributed by atoms with van der Waals surface area (Å²) < 4.78 is 35.8. The Morgan fingerprint density at radius 3 is 2.73 bits per heavy atom. The first kappa shape index (κ1) is 11.6. The minimum atomic E-state index is -4.63. The summed E-state index contributed by atoms with van der Waals surface area (Å²) >= 11 is 0. The monoisotopic (exact) mass is 221 g/mol. The predicted molar refractivity (Wildman–Crippen MR) is 49.2 cm³/mol. The number of nitrogens with zero attached hydrogens (tertiary/aromatic N) is 1. The van der Waals surface area contributed by atoms with Crippen LogP contribution in [-0.2, 0) is 0 Å². The molecule has 0 amide bonds. The first-order chi connectivity index (χ1) is 6.91. The second kappa shape index (κ2) is 4.35. The number of anilines is 2. The Morgan fingerprint density at radius 1 is 1.53 bits per heavy atom. The first-order valence-corrected chi connectivity index (χ1v) is 4.09. The van der Waals surface area contributed by atoms with E-state index in [9.17, 15) is 13.2 Å². The Kier molecular flexibility index (Phi) is 3.35. The molecule has 0 fully saturated rings. The van der Waals surface area contributed by atoms with Gasteiger partial charge < -0.3 is 16.2 Å². The zero-order chi connectivity index (χ0) is 11.5. The van der Waals surface area contributed by atoms with Gasteiger partial charge in [-0.3, -0.25) is 4.98 Å². The van der Waals surface area contributed by atoms with E-state index < -0.39 is 18.8 Å². The second-order valence-corrected chi connectivity index (χ2v) is 2.90. The third-order valence-corrected chi connectivity index (χ3v) is 1.72. The number of hydrogen-bond acceptors (Lipinski definition) is 4. The van der Waals surface area contributed by atoms with Gasteiger partial charge in [0.05, 0.1) is 17.6 Å². The Balaban J connectivity index is 2.55. The smallest absolute Gasteiger partial charge is 0.396 e. The van der Waals surface area contributed by atoms with Gasteiger partial charge in [-0.15, -0.1) is 0 Å². The van der Waals surface area contributed by atoms with Crippen molar-refractivity contribution < 1.29 is 18.3 Å². The lowest BCUT2D eigenvalue weighted by atomic mass is 10.3. The number of nitrogens with two attached hydrogens (primary N) is 1. The fourth-order valence-corrected chi connectivity index (χ4v) is 0.890. The van der Waals surface area contributed by atoms with Crippen molar-refractivity contribution in [3.05, 3.63) is 18.5 Å². The van der Waals surface area contributed by atoms with Gasteiger partial charge in [-0.25, -0.2) is 0 Å². The molecule has 0 spiro atoms. The summed E-state index contributed by atoms with van der Waals surface area (Å²) in [5.41, 5.74) is 5.97. The molecule has 1 rings (SSSR count). The van der Waals surface area contributed by atoms with E-state index in [2.05, 4.69) is 10.3 Å². The molecule has 0 saturated carbocycles. The zero-order valence-electron chi connectivity index (χ0n) is 7.62. The van der Waals surface area contributed by atoms with Crippen LogP contribution in [0.15, 0.2) is 18.5 Å². The Hall–Kier alpha value is -1.50. The number of aliphatic hydroxyl groups excluding tert-OH is 1. The van der Waals surface area contributed by atoms with Crippen molar-refractivity contribution >= 4 is 11.4 Å². The fourth-order valence-electron chi connectivity index (χ4n) is 0.890. The van der Waals surface area contributed by atoms with Crippen LogP contribution in [0.3, 0.4) is 0 Å². The molecule has 1 unspecified atom stereocenters. The van der Waals surface area contributed by atoms with Crippen molar-refractivity contribution in [1.82, 2.24) is 4.98 Å². The van der Waals surface area contributed by atoms with Gasteiger partial charge in [-0.2, -0.15) is 13.2 Å². The quantitative estimate of drug-likeness (QED) is 0.712. The van der Waals surface area contributed by atoms with Crippen LogP contribution in [0.2, 0.25) is 0 Å². The molecular formula is C8H10F3N3O. The highest BCUT2D eigenvalue weighted by Crippen LogP contribution is 2.21. The van der Waals surface area contributed by atoms with Gasteiger partial charge in [0.15, 0.2) is 6.10 Å². The van der Waals surface area contributed by atoms with E-state index in [1.807, 2.05) is 0 Å². The molecule has 0 aromatic carbocycles. The van der Waals surface area contributed by atoms with Crippen LogP contribution in [0.5, 0.6) is 0 Å². The summed E-state index contributed by atoms with van der Waals surface area (Å²) in [6.07, 6.45) is -4.35. The molecule has 1 atom stereocenters. The van der Waals surface area contributed by atoms with Gasteiger partial charge >= 0.3 is 6.18 Å². The van der Waals surface area contributed by atoms with Crippen LogP contribution in [0, 0.1) is 0 Å². The molecule has 4 nitrogen and oxygen atoms in total. The van der Waals surface area contributed by atoms with Gasteiger partial charge in [0.2, 0.25) is 0 Å². The molecule has 0 aliphatic heterocycles. The third-order valence-electron chi connectivity index (χ3n) is 1.72. The summed E-state index contributed by atoms with van der Waals surface area (Å²) in [7, 11) is 0. The van der Waals surface area contributed by atoms with Crippen molar-refractivity contribution in [2.24, 2.45) is 0 Å². The van der Waals surface area contributed by atoms with Gasteiger partial charge in [-0.1, -0.05) is 0 Å². The highest BCUT2D eigenvalue weighted by atomic mass is 19.4. The molecule has 1 aromatic rings. The van der Waals surface area contributed by atoms with E-state index >= 15 is 0 Å². The number of aromatic nitrogens is 1. The number of rotatable bonds is 3. The van der Waals surface area contributed by atoms with Crippen molar-refractivity contribution in [2.45, 2.75) is 12.3 Å². The van der Waals surface area contributed by atoms with Crippen molar-refractivity contribution in [3.63, 3.8) is 0 Å². The lowest BCUT2D eigenvalue weighted by molar-refractivity contribution is -0.198. The third kappa shape index (κ3) is 3.28. The largest absolute Gasteiger partial charge is 0.416 e. The first-order valence-electron chi connectivity index (χ1n) is 4.09. The molecule has 4 N–H and O–H groups in total. The van der Waals surface area contributed by atoms with Crippen LogP contribution in [0.25, 0.3) is 0 Å². The van der Waals surface area contributed by atoms with Crippen LogP contribution >= 0.6 is 0 Å². The van der Waals surface area contributed by atoms with E-state index in [0.29, 0.717) is 5.69 Å². The van der Waals surface area contributed by atoms with Crippen molar-refractivity contribution in [3.8, 4) is 0 Å². The maximum atomic E-state index is 11.9. The number of hydrogen-bond donors (Lipinski definition) is 3. The molecule has 1 aromatic heterocycles. The van der Waals surface area contributed by atoms with Gasteiger partial charge in [0.1, 0.15) is 0 Å². The lowest BCUT2D eigenvalue weighted by Gasteiger charge is -2.16. The maximum Gasteiger partial charge on any atom is 0.416 e. The average molecular weight is 221 g/mol. The summed E-state index contributed by atoms with van der Waals surface area (Å²) in [6.45, 7) is -0.641. The van der Waals surface area contributed by atoms with Crippen LogP contribution in [0.4, 0.5) is 24.5 Å². The predicted octanol–water partition coefficient (Wildman–Crippen LogP) is 0.999. The van der Waals surface area contributed by atoms with Gasteiger partial charge in [0.25, 0.3) is 0 Å². The van der Waals surface area contributed by atoms with Crippen molar-refractivity contribution in [2.75, 3.05) is 17.6 Å². The van der Waals surface area contributed by atoms with Crippen LogP contribution < -0.4 is 11.1 Å². The maximum absolute atomic E-state index is 11.9. The molecule has 0 radical (unpaired) electrons. The van der Waals surface area contributed by atoms with E-state index in [1.165, 1.54) is 18.5 Å². The Labute approximate surface area is 83.9 Å². The topological polar surface area (TPSA) is 71.2 Å². The van der Waals surface area contributed by atoms with E-state index in [-0.39, 0.29) is 5.69 Å². The van der Waals surface area contributed by atoms with Crippen molar-refractivity contribution in [1.29, 1.82) is 0 Å². The highest BCUT2D eigenvalue weighted by Gasteiger charge is 2.37. The van der Waals surface area contributed by atoms with Gasteiger partial charge in [0, 0.05) is 12.7 Å². The minimum Gasteiger partial charge on any atom is -0.396 e. The highest BCUT2D eigenvalue weighted by molar-refractivity contribution is 5.64. The second-order valence-electron chi connectivity index (χ2n) is 2.90. The summed E-state index contributed by atoms with van der Waals surface area (Å²) in [6, 6.07) is 1.43. The van der Waals surface area contributed by atoms with E-state index in [4.69, 9.17) is 10.8 Å². The standard InChI is InChI=1S/C8H10F3N3O/c9-8(10,11)7(15)4-14-6-1-2-13-3-5(6)12/h1-3,7,15H,4,12H2,(H,13,14). The normalized spacial score (nSPS) is 13.6. The summed E-state index contributed by atoms with van der Waals surface area (Å²) in [5.74, 6) is 0. The Morgan fingerprint density at radius 2 is 2.20 bits per heavy atom. The number of alkyl halides is 3. The summed E-state index contributed by atoms with van der Waals surface area (Å²) in [4.78, 5) is 3.67. The molecule has 0 aliphatic carbocycles.